The van der Waals surface area contributed by atoms with E-state index in [9.17, 15) is 14.0 Å². The van der Waals surface area contributed by atoms with Gasteiger partial charge in [0.15, 0.2) is 0 Å². The molecule has 7 heteroatoms. The quantitative estimate of drug-likeness (QED) is 0.513. The van der Waals surface area contributed by atoms with Crippen molar-refractivity contribution >= 4 is 17.5 Å². The maximum Gasteiger partial charge on any atom is 0.272 e. The first-order chi connectivity index (χ1) is 13.6. The molecule has 0 spiro atoms. The van der Waals surface area contributed by atoms with Crippen LogP contribution in [0.25, 0.3) is 0 Å². The third kappa shape index (κ3) is 4.85. The maximum atomic E-state index is 13.8. The van der Waals surface area contributed by atoms with E-state index in [1.807, 2.05) is 18.2 Å². The molecule has 0 atom stereocenters. The maximum absolute atomic E-state index is 13.8. The van der Waals surface area contributed by atoms with Crippen molar-refractivity contribution in [1.82, 2.24) is 15.7 Å². The van der Waals surface area contributed by atoms with E-state index in [4.69, 9.17) is 0 Å². The number of halogens is 1. The average molecular weight is 376 g/mol. The highest BCUT2D eigenvalue weighted by Crippen LogP contribution is 2.06. The van der Waals surface area contributed by atoms with Crippen LogP contribution in [0.15, 0.2) is 84.2 Å². The summed E-state index contributed by atoms with van der Waals surface area (Å²) < 4.78 is 13.8. The second kappa shape index (κ2) is 9.18. The smallest absolute Gasteiger partial charge is 0.272 e. The van der Waals surface area contributed by atoms with Crippen LogP contribution in [0, 0.1) is 5.82 Å². The van der Waals surface area contributed by atoms with Crippen molar-refractivity contribution in [3.8, 4) is 0 Å². The number of nitrogens with one attached hydrogen (secondary N) is 2. The van der Waals surface area contributed by atoms with Crippen molar-refractivity contribution in [1.29, 1.82) is 0 Å². The minimum atomic E-state index is -0.608. The van der Waals surface area contributed by atoms with Crippen LogP contribution in [0.3, 0.4) is 0 Å². The molecule has 0 aliphatic heterocycles. The fraction of sp³-hybridized carbons (Fsp3) is 0.0476. The number of hydrazone groups is 1. The van der Waals surface area contributed by atoms with Gasteiger partial charge in [-0.1, -0.05) is 42.5 Å². The molecule has 0 fully saturated rings. The Kier molecular flexibility index (Phi) is 6.20. The van der Waals surface area contributed by atoms with E-state index < -0.39 is 17.6 Å². The summed E-state index contributed by atoms with van der Waals surface area (Å²) in [6.07, 6.45) is 2.99. The van der Waals surface area contributed by atoms with Crippen LogP contribution in [0.1, 0.15) is 26.3 Å². The Balaban J connectivity index is 1.75. The minimum absolute atomic E-state index is 0.00446. The van der Waals surface area contributed by atoms with Crippen LogP contribution in [-0.2, 0) is 0 Å². The molecule has 0 bridgehead atoms. The number of hydrogen-bond donors (Lipinski definition) is 2. The zero-order valence-corrected chi connectivity index (χ0v) is 14.8. The van der Waals surface area contributed by atoms with E-state index in [0.29, 0.717) is 16.8 Å². The standard InChI is InChI=1S/C21H17FN4O2/c22-18-11-5-4-10-17(18)21(28)24-14-19(15-7-2-1-3-8-15)25-26-20(27)16-9-6-12-23-13-16/h1-13H,14H2,(H,24,28)(H,26,27)/b25-19-. The minimum Gasteiger partial charge on any atom is -0.346 e. The highest BCUT2D eigenvalue weighted by atomic mass is 19.1. The molecule has 28 heavy (non-hydrogen) atoms. The van der Waals surface area contributed by atoms with Gasteiger partial charge < -0.3 is 5.32 Å². The number of aromatic nitrogens is 1. The van der Waals surface area contributed by atoms with E-state index in [2.05, 4.69) is 20.8 Å². The molecular formula is C21H17FN4O2. The molecule has 2 N–H and O–H groups in total. The second-order valence-corrected chi connectivity index (χ2v) is 5.77. The predicted octanol–water partition coefficient (Wildman–Crippen LogP) is 2.78. The molecule has 1 aromatic heterocycles. The molecular weight excluding hydrogens is 359 g/mol. The number of carbonyl (C=O) groups excluding carboxylic acids is 2. The normalized spacial score (nSPS) is 11.0. The Morgan fingerprint density at radius 3 is 2.32 bits per heavy atom. The highest BCUT2D eigenvalue weighted by molar-refractivity contribution is 6.06. The molecule has 1 heterocycles. The van der Waals surface area contributed by atoms with E-state index in [0.717, 1.165) is 0 Å². The molecule has 0 saturated heterocycles. The summed E-state index contributed by atoms with van der Waals surface area (Å²) in [4.78, 5) is 28.3. The monoisotopic (exact) mass is 376 g/mol. The van der Waals surface area contributed by atoms with Gasteiger partial charge in [0.25, 0.3) is 11.8 Å². The van der Waals surface area contributed by atoms with Crippen LogP contribution < -0.4 is 10.7 Å². The van der Waals surface area contributed by atoms with Gasteiger partial charge >= 0.3 is 0 Å². The number of hydrogen-bond acceptors (Lipinski definition) is 4. The molecule has 0 aliphatic rings. The second-order valence-electron chi connectivity index (χ2n) is 5.77. The third-order valence-corrected chi connectivity index (χ3v) is 3.86. The van der Waals surface area contributed by atoms with Crippen molar-refractivity contribution in [3.05, 3.63) is 102 Å². The van der Waals surface area contributed by atoms with E-state index in [1.54, 1.807) is 36.5 Å². The van der Waals surface area contributed by atoms with Gasteiger partial charge in [0, 0.05) is 12.4 Å². The summed E-state index contributed by atoms with van der Waals surface area (Å²) in [5.41, 5.74) is 3.88. The molecule has 2 aromatic carbocycles. The Morgan fingerprint density at radius 1 is 0.893 bits per heavy atom. The SMILES string of the molecule is O=C(N/N=C(/CNC(=O)c1ccccc1F)c1ccccc1)c1cccnc1. The van der Waals surface area contributed by atoms with Crippen LogP contribution in [0.4, 0.5) is 4.39 Å². The molecule has 140 valence electrons. The molecule has 0 unspecified atom stereocenters. The zero-order valence-electron chi connectivity index (χ0n) is 14.8. The summed E-state index contributed by atoms with van der Waals surface area (Å²) >= 11 is 0. The van der Waals surface area contributed by atoms with Gasteiger partial charge in [-0.25, -0.2) is 9.82 Å². The summed E-state index contributed by atoms with van der Waals surface area (Å²) in [6, 6.07) is 18.0. The summed E-state index contributed by atoms with van der Waals surface area (Å²) in [6.45, 7) is 0.00446. The third-order valence-electron chi connectivity index (χ3n) is 3.86. The number of amides is 2. The first kappa shape index (κ1) is 18.9. The molecule has 3 rings (SSSR count). The number of rotatable bonds is 6. The van der Waals surface area contributed by atoms with Gasteiger partial charge in [0.2, 0.25) is 0 Å². The van der Waals surface area contributed by atoms with Gasteiger partial charge in [0.05, 0.1) is 23.4 Å². The van der Waals surface area contributed by atoms with E-state index >= 15 is 0 Å². The van der Waals surface area contributed by atoms with Crippen molar-refractivity contribution in [3.63, 3.8) is 0 Å². The predicted molar refractivity (Wildman–Crippen MR) is 103 cm³/mol. The number of pyridine rings is 1. The molecule has 0 saturated carbocycles. The molecule has 2 amide bonds. The van der Waals surface area contributed by atoms with E-state index in [-0.39, 0.29) is 12.1 Å². The largest absolute Gasteiger partial charge is 0.346 e. The lowest BCUT2D eigenvalue weighted by atomic mass is 10.1. The van der Waals surface area contributed by atoms with Gasteiger partial charge in [-0.05, 0) is 29.8 Å². The lowest BCUT2D eigenvalue weighted by Crippen LogP contribution is -2.32. The van der Waals surface area contributed by atoms with E-state index in [1.165, 1.54) is 24.4 Å². The lowest BCUT2D eigenvalue weighted by molar-refractivity contribution is 0.0950. The molecule has 6 nitrogen and oxygen atoms in total. The number of carbonyl (C=O) groups is 2. The van der Waals surface area contributed by atoms with Crippen LogP contribution in [0.5, 0.6) is 0 Å². The van der Waals surface area contributed by atoms with Crippen LogP contribution in [0.2, 0.25) is 0 Å². The van der Waals surface area contributed by atoms with Crippen molar-refractivity contribution < 1.29 is 14.0 Å². The summed E-state index contributed by atoms with van der Waals surface area (Å²) in [7, 11) is 0. The summed E-state index contributed by atoms with van der Waals surface area (Å²) in [5, 5.41) is 6.77. The van der Waals surface area contributed by atoms with Gasteiger partial charge in [0.1, 0.15) is 5.82 Å². The van der Waals surface area contributed by atoms with Gasteiger partial charge in [-0.15, -0.1) is 0 Å². The lowest BCUT2D eigenvalue weighted by Gasteiger charge is -2.10. The molecule has 3 aromatic rings. The fourth-order valence-electron chi connectivity index (χ4n) is 2.42. The first-order valence-corrected chi connectivity index (χ1v) is 8.50. The van der Waals surface area contributed by atoms with Crippen LogP contribution >= 0.6 is 0 Å². The fourth-order valence-corrected chi connectivity index (χ4v) is 2.42. The van der Waals surface area contributed by atoms with Crippen molar-refractivity contribution in [2.75, 3.05) is 6.54 Å². The van der Waals surface area contributed by atoms with Crippen LogP contribution in [-0.4, -0.2) is 29.1 Å². The number of nitrogens with zero attached hydrogens (tertiary/aromatic N) is 2. The zero-order chi connectivity index (χ0) is 19.8. The molecule has 0 aliphatic carbocycles. The number of benzene rings is 2. The van der Waals surface area contributed by atoms with Crippen molar-refractivity contribution in [2.24, 2.45) is 5.10 Å². The van der Waals surface area contributed by atoms with Crippen molar-refractivity contribution in [2.45, 2.75) is 0 Å². The molecule has 0 radical (unpaired) electrons. The Morgan fingerprint density at radius 2 is 1.61 bits per heavy atom. The Hall–Kier alpha value is -3.87. The highest BCUT2D eigenvalue weighted by Gasteiger charge is 2.13. The average Bonchev–Trinajstić information content (AvgIpc) is 2.75. The Labute approximate surface area is 161 Å². The van der Waals surface area contributed by atoms with Gasteiger partial charge in [-0.3, -0.25) is 14.6 Å². The topological polar surface area (TPSA) is 83.5 Å². The van der Waals surface area contributed by atoms with Gasteiger partial charge in [-0.2, -0.15) is 5.10 Å². The first-order valence-electron chi connectivity index (χ1n) is 8.50. The Bertz CT molecular complexity index is 992. The summed E-state index contributed by atoms with van der Waals surface area (Å²) in [5.74, 6) is -1.61.